The number of aromatic nitrogens is 2. The van der Waals surface area contributed by atoms with E-state index >= 15 is 0 Å². The van der Waals surface area contributed by atoms with Gasteiger partial charge in [-0.3, -0.25) is 4.68 Å². The molecule has 0 aliphatic carbocycles. The van der Waals surface area contributed by atoms with Crippen molar-refractivity contribution in [3.63, 3.8) is 0 Å². The third-order valence-corrected chi connectivity index (χ3v) is 3.14. The molecule has 0 atom stereocenters. The van der Waals surface area contributed by atoms with Gasteiger partial charge in [0.2, 0.25) is 0 Å². The fourth-order valence-electron chi connectivity index (χ4n) is 1.15. The van der Waals surface area contributed by atoms with Crippen LogP contribution < -0.4 is 5.73 Å². The van der Waals surface area contributed by atoms with Gasteiger partial charge in [-0.15, -0.1) is 11.8 Å². The maximum Gasteiger partial charge on any atom is 0.117 e. The van der Waals surface area contributed by atoms with Crippen LogP contribution in [0.1, 0.15) is 5.69 Å². The van der Waals surface area contributed by atoms with E-state index in [0.29, 0.717) is 0 Å². The highest BCUT2D eigenvalue weighted by atomic mass is 32.2. The number of nitrogens with two attached hydrogens (primary N) is 1. The molecule has 0 aliphatic rings. The summed E-state index contributed by atoms with van der Waals surface area (Å²) in [5.41, 5.74) is 7.64. The van der Waals surface area contributed by atoms with E-state index in [2.05, 4.69) is 24.1 Å². The Hall–Kier alpha value is -0.680. The van der Waals surface area contributed by atoms with Crippen LogP contribution in [0.3, 0.4) is 0 Å². The van der Waals surface area contributed by atoms with E-state index in [4.69, 9.17) is 5.73 Å². The average molecular weight is 214 g/mol. The molecule has 2 N–H and O–H groups in total. The first-order valence-corrected chi connectivity index (χ1v) is 5.57. The first-order valence-electron chi connectivity index (χ1n) is 4.59. The van der Waals surface area contributed by atoms with Gasteiger partial charge in [0.1, 0.15) is 5.03 Å². The van der Waals surface area contributed by atoms with Crippen molar-refractivity contribution in [1.82, 2.24) is 14.7 Å². The molecule has 5 heteroatoms. The summed E-state index contributed by atoms with van der Waals surface area (Å²) in [5, 5.41) is 5.34. The van der Waals surface area contributed by atoms with E-state index in [1.807, 2.05) is 18.7 Å². The molecule has 4 nitrogen and oxygen atoms in total. The predicted octanol–water partition coefficient (Wildman–Crippen LogP) is 0.964. The van der Waals surface area contributed by atoms with E-state index in [9.17, 15) is 0 Å². The van der Waals surface area contributed by atoms with Crippen molar-refractivity contribution in [2.45, 2.75) is 11.9 Å². The van der Waals surface area contributed by atoms with Gasteiger partial charge in [-0.1, -0.05) is 0 Å². The molecule has 0 fully saturated rings. The zero-order chi connectivity index (χ0) is 10.7. The molecule has 0 bridgehead atoms. The van der Waals surface area contributed by atoms with Crippen molar-refractivity contribution in [3.05, 3.63) is 5.69 Å². The first kappa shape index (κ1) is 11.4. The first-order chi connectivity index (χ1) is 6.52. The number of thioether (sulfide) groups is 1. The Bertz CT molecular complexity index is 306. The largest absolute Gasteiger partial charge is 0.395 e. The number of nitrogen functional groups attached to an aromatic ring is 1. The number of hydrogen-bond donors (Lipinski definition) is 1. The monoisotopic (exact) mass is 214 g/mol. The van der Waals surface area contributed by atoms with Crippen LogP contribution in [-0.4, -0.2) is 41.1 Å². The van der Waals surface area contributed by atoms with Crippen molar-refractivity contribution in [3.8, 4) is 0 Å². The maximum absolute atomic E-state index is 5.90. The molecular weight excluding hydrogens is 196 g/mol. The molecule has 0 saturated carbocycles. The van der Waals surface area contributed by atoms with Crippen LogP contribution in [0.15, 0.2) is 5.03 Å². The van der Waals surface area contributed by atoms with Crippen LogP contribution in [0, 0.1) is 6.92 Å². The molecule has 0 spiro atoms. The van der Waals surface area contributed by atoms with Crippen LogP contribution in [0.25, 0.3) is 0 Å². The van der Waals surface area contributed by atoms with E-state index < -0.39 is 0 Å². The fourth-order valence-corrected chi connectivity index (χ4v) is 2.33. The molecular formula is C9H18N4S. The molecule has 0 unspecified atom stereocenters. The predicted molar refractivity (Wildman–Crippen MR) is 61.6 cm³/mol. The minimum absolute atomic E-state index is 0.816. The van der Waals surface area contributed by atoms with Crippen LogP contribution >= 0.6 is 11.8 Å². The zero-order valence-corrected chi connectivity index (χ0v) is 10.1. The molecule has 1 aromatic rings. The van der Waals surface area contributed by atoms with E-state index in [1.165, 1.54) is 0 Å². The van der Waals surface area contributed by atoms with Gasteiger partial charge in [0.05, 0.1) is 11.4 Å². The number of hydrogen-bond acceptors (Lipinski definition) is 4. The minimum atomic E-state index is 0.816. The lowest BCUT2D eigenvalue weighted by atomic mass is 10.4. The summed E-state index contributed by atoms with van der Waals surface area (Å²) in [5.74, 6) is 1.04. The SMILES string of the molecule is Cc1nn(C)c(SCCN(C)C)c1N. The van der Waals surface area contributed by atoms with Crippen molar-refractivity contribution in [1.29, 1.82) is 0 Å². The summed E-state index contributed by atoms with van der Waals surface area (Å²) < 4.78 is 1.85. The van der Waals surface area contributed by atoms with Crippen LogP contribution in [0.5, 0.6) is 0 Å². The summed E-state index contributed by atoms with van der Waals surface area (Å²) in [7, 11) is 6.07. The molecule has 0 aromatic carbocycles. The molecule has 0 saturated heterocycles. The summed E-state index contributed by atoms with van der Waals surface area (Å²) in [6.45, 7) is 2.99. The van der Waals surface area contributed by atoms with Gasteiger partial charge >= 0.3 is 0 Å². The molecule has 1 heterocycles. The van der Waals surface area contributed by atoms with Gasteiger partial charge in [0.25, 0.3) is 0 Å². The standard InChI is InChI=1S/C9H18N4S/c1-7-8(10)9(13(4)11-7)14-6-5-12(2)3/h5-6,10H2,1-4H3. The highest BCUT2D eigenvalue weighted by Gasteiger charge is 2.09. The normalized spacial score (nSPS) is 11.2. The second kappa shape index (κ2) is 4.70. The smallest absolute Gasteiger partial charge is 0.117 e. The second-order valence-electron chi connectivity index (χ2n) is 3.58. The lowest BCUT2D eigenvalue weighted by molar-refractivity contribution is 0.437. The summed E-state index contributed by atoms with van der Waals surface area (Å²) in [4.78, 5) is 2.16. The number of rotatable bonds is 4. The molecule has 0 radical (unpaired) electrons. The third-order valence-electron chi connectivity index (χ3n) is 1.99. The number of nitrogens with zero attached hydrogens (tertiary/aromatic N) is 3. The van der Waals surface area contributed by atoms with Gasteiger partial charge in [0.15, 0.2) is 0 Å². The molecule has 1 rings (SSSR count). The summed E-state index contributed by atoms with van der Waals surface area (Å²) in [6, 6.07) is 0. The van der Waals surface area contributed by atoms with Crippen molar-refractivity contribution < 1.29 is 0 Å². The Kier molecular flexibility index (Phi) is 3.83. The summed E-state index contributed by atoms with van der Waals surface area (Å²) in [6.07, 6.45) is 0. The molecule has 0 amide bonds. The van der Waals surface area contributed by atoms with Crippen molar-refractivity contribution in [2.75, 3.05) is 32.1 Å². The molecule has 0 aliphatic heterocycles. The maximum atomic E-state index is 5.90. The topological polar surface area (TPSA) is 47.1 Å². The highest BCUT2D eigenvalue weighted by molar-refractivity contribution is 7.99. The fraction of sp³-hybridized carbons (Fsp3) is 0.667. The van der Waals surface area contributed by atoms with Gasteiger partial charge in [-0.2, -0.15) is 5.10 Å². The Morgan fingerprint density at radius 3 is 2.57 bits per heavy atom. The Balaban J connectivity index is 2.58. The molecule has 14 heavy (non-hydrogen) atoms. The average Bonchev–Trinajstić information content (AvgIpc) is 2.31. The number of anilines is 1. The van der Waals surface area contributed by atoms with E-state index in [1.54, 1.807) is 11.8 Å². The summed E-state index contributed by atoms with van der Waals surface area (Å²) >= 11 is 1.76. The van der Waals surface area contributed by atoms with Gasteiger partial charge in [-0.25, -0.2) is 0 Å². The number of aryl methyl sites for hydroxylation is 2. The van der Waals surface area contributed by atoms with E-state index in [-0.39, 0.29) is 0 Å². The Labute approximate surface area is 89.5 Å². The molecule has 1 aromatic heterocycles. The molecule has 80 valence electrons. The van der Waals surface area contributed by atoms with Gasteiger partial charge in [0, 0.05) is 19.3 Å². The third kappa shape index (κ3) is 2.65. The van der Waals surface area contributed by atoms with Crippen molar-refractivity contribution in [2.24, 2.45) is 7.05 Å². The zero-order valence-electron chi connectivity index (χ0n) is 9.24. The highest BCUT2D eigenvalue weighted by Crippen LogP contribution is 2.26. The lowest BCUT2D eigenvalue weighted by Crippen LogP contribution is -2.15. The van der Waals surface area contributed by atoms with E-state index in [0.717, 1.165) is 28.7 Å². The van der Waals surface area contributed by atoms with Gasteiger partial charge < -0.3 is 10.6 Å². The quantitative estimate of drug-likeness (QED) is 0.759. The Morgan fingerprint density at radius 2 is 2.14 bits per heavy atom. The van der Waals surface area contributed by atoms with Crippen molar-refractivity contribution >= 4 is 17.4 Å². The minimum Gasteiger partial charge on any atom is -0.395 e. The second-order valence-corrected chi connectivity index (χ2v) is 4.66. The van der Waals surface area contributed by atoms with Gasteiger partial charge in [-0.05, 0) is 21.0 Å². The van der Waals surface area contributed by atoms with Crippen LogP contribution in [-0.2, 0) is 7.05 Å². The Morgan fingerprint density at radius 1 is 1.50 bits per heavy atom. The van der Waals surface area contributed by atoms with Crippen LogP contribution in [0.4, 0.5) is 5.69 Å². The van der Waals surface area contributed by atoms with Crippen LogP contribution in [0.2, 0.25) is 0 Å². The lowest BCUT2D eigenvalue weighted by Gasteiger charge is -2.08.